The Morgan fingerprint density at radius 2 is 2.00 bits per heavy atom. The van der Waals surface area contributed by atoms with E-state index >= 15 is 0 Å². The van der Waals surface area contributed by atoms with Crippen LogP contribution >= 0.6 is 23.2 Å². The van der Waals surface area contributed by atoms with E-state index in [4.69, 9.17) is 23.2 Å². The van der Waals surface area contributed by atoms with E-state index in [1.807, 2.05) is 19.1 Å². The third kappa shape index (κ3) is 3.00. The third-order valence-corrected chi connectivity index (χ3v) is 2.85. The first-order valence-corrected chi connectivity index (χ1v) is 5.20. The molecule has 0 saturated carbocycles. The minimum atomic E-state index is 0.184. The second-order valence-corrected chi connectivity index (χ2v) is 4.30. The zero-order valence-electron chi connectivity index (χ0n) is 8.18. The average molecular weight is 231 g/mol. The van der Waals surface area contributed by atoms with E-state index in [2.05, 4.69) is 0 Å². The highest BCUT2D eigenvalue weighted by Gasteiger charge is 2.09. The maximum absolute atomic E-state index is 10.9. The fourth-order valence-corrected chi connectivity index (χ4v) is 1.67. The van der Waals surface area contributed by atoms with Crippen LogP contribution in [0.3, 0.4) is 0 Å². The molecule has 14 heavy (non-hydrogen) atoms. The molecule has 1 rings (SSSR count). The normalized spacial score (nSPS) is 12.6. The molecule has 3 heteroatoms. The molecule has 0 spiro atoms. The Bertz CT molecular complexity index is 347. The molecule has 0 bridgehead atoms. The summed E-state index contributed by atoms with van der Waals surface area (Å²) in [5.74, 6) is 0.380. The highest BCUT2D eigenvalue weighted by Crippen LogP contribution is 2.27. The summed E-state index contributed by atoms with van der Waals surface area (Å²) in [7, 11) is 0. The molecule has 0 aromatic heterocycles. The van der Waals surface area contributed by atoms with Gasteiger partial charge < -0.3 is 4.79 Å². The van der Waals surface area contributed by atoms with E-state index in [9.17, 15) is 4.79 Å². The minimum Gasteiger partial charge on any atom is -0.300 e. The number of hydrogen-bond donors (Lipinski definition) is 0. The molecule has 0 radical (unpaired) electrons. The number of hydrogen-bond acceptors (Lipinski definition) is 1. The van der Waals surface area contributed by atoms with Crippen molar-refractivity contribution in [3.63, 3.8) is 0 Å². The van der Waals surface area contributed by atoms with Crippen LogP contribution in [-0.4, -0.2) is 5.78 Å². The van der Waals surface area contributed by atoms with Crippen LogP contribution in [-0.2, 0) is 4.79 Å². The first-order chi connectivity index (χ1) is 6.50. The van der Waals surface area contributed by atoms with Gasteiger partial charge in [-0.2, -0.15) is 0 Å². The fourth-order valence-electron chi connectivity index (χ4n) is 1.37. The maximum atomic E-state index is 10.9. The molecule has 0 saturated heterocycles. The Balaban J connectivity index is 2.85. The summed E-state index contributed by atoms with van der Waals surface area (Å²) in [6.45, 7) is 3.59. The van der Waals surface area contributed by atoms with Crippen molar-refractivity contribution in [1.82, 2.24) is 0 Å². The molecular formula is C11H12Cl2O. The van der Waals surface area contributed by atoms with Crippen LogP contribution in [0.2, 0.25) is 10.0 Å². The largest absolute Gasteiger partial charge is 0.300 e. The van der Waals surface area contributed by atoms with Gasteiger partial charge >= 0.3 is 0 Å². The summed E-state index contributed by atoms with van der Waals surface area (Å²) in [5, 5.41) is 1.09. The van der Waals surface area contributed by atoms with Crippen LogP contribution in [0.1, 0.15) is 31.7 Å². The SMILES string of the molecule is CC(=O)CC(C)c1ccc(Cl)c(Cl)c1. The summed E-state index contributed by atoms with van der Waals surface area (Å²) in [6.07, 6.45) is 0.540. The summed E-state index contributed by atoms with van der Waals surface area (Å²) in [4.78, 5) is 10.9. The third-order valence-electron chi connectivity index (χ3n) is 2.11. The van der Waals surface area contributed by atoms with Crippen molar-refractivity contribution < 1.29 is 4.79 Å². The predicted molar refractivity (Wildman–Crippen MR) is 60.2 cm³/mol. The second-order valence-electron chi connectivity index (χ2n) is 3.48. The monoisotopic (exact) mass is 230 g/mol. The Kier molecular flexibility index (Phi) is 3.97. The fraction of sp³-hybridized carbons (Fsp3) is 0.364. The van der Waals surface area contributed by atoms with Gasteiger partial charge in [-0.1, -0.05) is 36.2 Å². The van der Waals surface area contributed by atoms with Gasteiger partial charge in [-0.25, -0.2) is 0 Å². The quantitative estimate of drug-likeness (QED) is 0.766. The van der Waals surface area contributed by atoms with Crippen LogP contribution in [0, 0.1) is 0 Å². The number of rotatable bonds is 3. The van der Waals surface area contributed by atoms with Gasteiger partial charge in [0.25, 0.3) is 0 Å². The number of benzene rings is 1. The Labute approximate surface area is 94.0 Å². The first-order valence-electron chi connectivity index (χ1n) is 4.45. The average Bonchev–Trinajstić information content (AvgIpc) is 2.08. The predicted octanol–water partition coefficient (Wildman–Crippen LogP) is 4.08. The summed E-state index contributed by atoms with van der Waals surface area (Å²) in [6, 6.07) is 5.48. The van der Waals surface area contributed by atoms with E-state index in [0.29, 0.717) is 16.5 Å². The Morgan fingerprint density at radius 1 is 1.36 bits per heavy atom. The number of Topliss-reactive ketones (excluding diaryl/α,β-unsaturated/α-hetero) is 1. The van der Waals surface area contributed by atoms with Gasteiger partial charge in [0.2, 0.25) is 0 Å². The Morgan fingerprint density at radius 3 is 2.50 bits per heavy atom. The van der Waals surface area contributed by atoms with Crippen molar-refractivity contribution in [2.45, 2.75) is 26.2 Å². The molecule has 0 amide bonds. The van der Waals surface area contributed by atoms with Crippen LogP contribution in [0.5, 0.6) is 0 Å². The van der Waals surface area contributed by atoms with Gasteiger partial charge in [0.1, 0.15) is 5.78 Å². The molecule has 76 valence electrons. The summed E-state index contributed by atoms with van der Waals surface area (Å²) in [5.41, 5.74) is 1.05. The summed E-state index contributed by atoms with van der Waals surface area (Å²) >= 11 is 11.7. The van der Waals surface area contributed by atoms with Crippen LogP contribution in [0.4, 0.5) is 0 Å². The van der Waals surface area contributed by atoms with Crippen molar-refractivity contribution in [2.24, 2.45) is 0 Å². The highest BCUT2D eigenvalue weighted by atomic mass is 35.5. The zero-order valence-corrected chi connectivity index (χ0v) is 9.69. The van der Waals surface area contributed by atoms with Gasteiger partial charge in [0.05, 0.1) is 10.0 Å². The van der Waals surface area contributed by atoms with Crippen LogP contribution in [0.15, 0.2) is 18.2 Å². The van der Waals surface area contributed by atoms with Crippen molar-refractivity contribution in [1.29, 1.82) is 0 Å². The lowest BCUT2D eigenvalue weighted by Gasteiger charge is -2.10. The number of halogens is 2. The molecule has 0 aliphatic carbocycles. The number of ketones is 1. The lowest BCUT2D eigenvalue weighted by Crippen LogP contribution is -2.00. The van der Waals surface area contributed by atoms with E-state index in [1.165, 1.54) is 0 Å². The van der Waals surface area contributed by atoms with Crippen molar-refractivity contribution >= 4 is 29.0 Å². The van der Waals surface area contributed by atoms with Gasteiger partial charge in [0, 0.05) is 6.42 Å². The van der Waals surface area contributed by atoms with E-state index < -0.39 is 0 Å². The van der Waals surface area contributed by atoms with Crippen LogP contribution in [0.25, 0.3) is 0 Å². The smallest absolute Gasteiger partial charge is 0.130 e. The number of carbonyl (C=O) groups is 1. The van der Waals surface area contributed by atoms with Gasteiger partial charge in [0.15, 0.2) is 0 Å². The molecule has 1 atom stereocenters. The van der Waals surface area contributed by atoms with Crippen LogP contribution < -0.4 is 0 Å². The molecular weight excluding hydrogens is 219 g/mol. The van der Waals surface area contributed by atoms with Crippen molar-refractivity contribution in [3.8, 4) is 0 Å². The lowest BCUT2D eigenvalue weighted by atomic mass is 9.96. The Hall–Kier alpha value is -0.530. The summed E-state index contributed by atoms with van der Waals surface area (Å²) < 4.78 is 0. The second kappa shape index (κ2) is 4.81. The number of carbonyl (C=O) groups excluding carboxylic acids is 1. The van der Waals surface area contributed by atoms with Gasteiger partial charge in [-0.3, -0.25) is 0 Å². The topological polar surface area (TPSA) is 17.1 Å². The van der Waals surface area contributed by atoms with Gasteiger partial charge in [-0.15, -0.1) is 0 Å². The molecule has 0 aliphatic heterocycles. The molecule has 0 heterocycles. The van der Waals surface area contributed by atoms with E-state index in [0.717, 1.165) is 5.56 Å². The van der Waals surface area contributed by atoms with E-state index in [1.54, 1.807) is 13.0 Å². The van der Waals surface area contributed by atoms with E-state index in [-0.39, 0.29) is 11.7 Å². The molecule has 1 aromatic carbocycles. The minimum absolute atomic E-state index is 0.184. The molecule has 1 unspecified atom stereocenters. The molecule has 1 nitrogen and oxygen atoms in total. The lowest BCUT2D eigenvalue weighted by molar-refractivity contribution is -0.117. The molecule has 0 fully saturated rings. The van der Waals surface area contributed by atoms with Crippen molar-refractivity contribution in [2.75, 3.05) is 0 Å². The standard InChI is InChI=1S/C11H12Cl2O/c1-7(5-8(2)14)9-3-4-10(12)11(13)6-9/h3-4,6-7H,5H2,1-2H3. The molecule has 0 N–H and O–H groups in total. The van der Waals surface area contributed by atoms with Crippen molar-refractivity contribution in [3.05, 3.63) is 33.8 Å². The molecule has 0 aliphatic rings. The first kappa shape index (κ1) is 11.5. The molecule has 1 aromatic rings. The highest BCUT2D eigenvalue weighted by molar-refractivity contribution is 6.42. The maximum Gasteiger partial charge on any atom is 0.130 e. The van der Waals surface area contributed by atoms with Gasteiger partial charge in [-0.05, 0) is 30.5 Å². The zero-order chi connectivity index (χ0) is 10.7.